The van der Waals surface area contributed by atoms with Gasteiger partial charge in [-0.15, -0.1) is 10.2 Å². The predicted octanol–water partition coefficient (Wildman–Crippen LogP) is 2.58. The fourth-order valence-corrected chi connectivity index (χ4v) is 4.60. The van der Waals surface area contributed by atoms with Crippen LogP contribution in [0, 0.1) is 5.82 Å². The van der Waals surface area contributed by atoms with Crippen molar-refractivity contribution in [1.29, 1.82) is 0 Å². The zero-order valence-corrected chi connectivity index (χ0v) is 20.4. The van der Waals surface area contributed by atoms with Gasteiger partial charge in [-0.3, -0.25) is 9.59 Å². The number of nitrogens with one attached hydrogen (secondary N) is 1. The van der Waals surface area contributed by atoms with Crippen molar-refractivity contribution in [3.8, 4) is 5.75 Å². The summed E-state index contributed by atoms with van der Waals surface area (Å²) in [4.78, 5) is 28.8. The number of benzene rings is 2. The van der Waals surface area contributed by atoms with E-state index in [1.165, 1.54) is 17.8 Å². The first-order valence-electron chi connectivity index (χ1n) is 11.2. The molecule has 0 bridgehead atoms. The number of nitrogens with zero attached hydrogens (tertiary/aromatic N) is 5. The van der Waals surface area contributed by atoms with Gasteiger partial charge in [0.15, 0.2) is 5.16 Å². The Morgan fingerprint density at radius 3 is 2.46 bits per heavy atom. The molecule has 1 N–H and O–H groups in total. The minimum atomic E-state index is -0.251. The average molecular weight is 499 g/mol. The van der Waals surface area contributed by atoms with Gasteiger partial charge in [0.05, 0.1) is 25.0 Å². The first kappa shape index (κ1) is 24.5. The van der Waals surface area contributed by atoms with Crippen LogP contribution in [0.2, 0.25) is 0 Å². The third-order valence-corrected chi connectivity index (χ3v) is 6.77. The van der Waals surface area contributed by atoms with Crippen molar-refractivity contribution in [3.05, 3.63) is 60.2 Å². The molecule has 1 aromatic heterocycles. The molecule has 1 fully saturated rings. The molecular formula is C24H27FN6O3S. The van der Waals surface area contributed by atoms with Crippen molar-refractivity contribution < 1.29 is 18.7 Å². The quantitative estimate of drug-likeness (QED) is 0.477. The van der Waals surface area contributed by atoms with Crippen molar-refractivity contribution in [2.75, 3.05) is 49.3 Å². The highest BCUT2D eigenvalue weighted by Crippen LogP contribution is 2.22. The number of thioether (sulfide) groups is 1. The Kier molecular flexibility index (Phi) is 7.86. The molecule has 35 heavy (non-hydrogen) atoms. The Morgan fingerprint density at radius 1 is 1.06 bits per heavy atom. The topological polar surface area (TPSA) is 92.6 Å². The van der Waals surface area contributed by atoms with Gasteiger partial charge in [0.25, 0.3) is 0 Å². The van der Waals surface area contributed by atoms with Gasteiger partial charge in [0.2, 0.25) is 11.8 Å². The molecule has 0 radical (unpaired) electrons. The Bertz CT molecular complexity index is 1180. The number of hydrogen-bond acceptors (Lipinski definition) is 7. The van der Waals surface area contributed by atoms with Crippen LogP contribution in [0.1, 0.15) is 5.82 Å². The van der Waals surface area contributed by atoms with Gasteiger partial charge in [-0.2, -0.15) is 0 Å². The van der Waals surface area contributed by atoms with Crippen LogP contribution in [0.4, 0.5) is 15.8 Å². The average Bonchev–Trinajstić information content (AvgIpc) is 3.22. The van der Waals surface area contributed by atoms with E-state index in [0.29, 0.717) is 54.3 Å². The van der Waals surface area contributed by atoms with Crippen LogP contribution >= 0.6 is 11.8 Å². The lowest BCUT2D eigenvalue weighted by Crippen LogP contribution is -2.49. The largest absolute Gasteiger partial charge is 0.497 e. The van der Waals surface area contributed by atoms with Crippen LogP contribution in [0.15, 0.2) is 53.7 Å². The Balaban J connectivity index is 1.25. The minimum absolute atomic E-state index is 0.00928. The van der Waals surface area contributed by atoms with Crippen LogP contribution in [0.5, 0.6) is 5.75 Å². The van der Waals surface area contributed by atoms with E-state index in [0.717, 1.165) is 0 Å². The smallest absolute Gasteiger partial charge is 0.233 e. The summed E-state index contributed by atoms with van der Waals surface area (Å²) < 4.78 is 20.9. The first-order valence-corrected chi connectivity index (χ1v) is 12.2. The Hall–Kier alpha value is -3.60. The standard InChI is InChI=1S/C24H27FN6O3S/c1-29-21(15-22(32)26-17-7-9-18(34-2)10-8-17)27-28-24(29)35-16-23(33)31-13-11-30(12-14-31)20-6-4-3-5-19(20)25/h3-10H,11-16H2,1-2H3,(H,26,32). The number of hydrogen-bond donors (Lipinski definition) is 1. The summed E-state index contributed by atoms with van der Waals surface area (Å²) in [5.74, 6) is 0.947. The highest BCUT2D eigenvalue weighted by molar-refractivity contribution is 7.99. The van der Waals surface area contributed by atoms with Crippen LogP contribution < -0.4 is 15.0 Å². The fourth-order valence-electron chi connectivity index (χ4n) is 3.77. The molecule has 11 heteroatoms. The number of ether oxygens (including phenoxy) is 1. The molecule has 0 saturated carbocycles. The van der Waals surface area contributed by atoms with Crippen molar-refractivity contribution in [2.24, 2.45) is 7.05 Å². The molecule has 2 amide bonds. The molecule has 0 atom stereocenters. The summed E-state index contributed by atoms with van der Waals surface area (Å²) in [6.45, 7) is 2.22. The maximum atomic E-state index is 14.0. The number of amides is 2. The number of carbonyl (C=O) groups is 2. The van der Waals surface area contributed by atoms with E-state index in [4.69, 9.17) is 4.74 Å². The van der Waals surface area contributed by atoms with E-state index in [-0.39, 0.29) is 29.8 Å². The molecule has 3 aromatic rings. The zero-order chi connectivity index (χ0) is 24.8. The number of rotatable bonds is 8. The lowest BCUT2D eigenvalue weighted by atomic mass is 10.2. The number of aromatic nitrogens is 3. The zero-order valence-electron chi connectivity index (χ0n) is 19.6. The van der Waals surface area contributed by atoms with E-state index in [9.17, 15) is 14.0 Å². The van der Waals surface area contributed by atoms with Gasteiger partial charge in [0.1, 0.15) is 17.4 Å². The molecule has 184 valence electrons. The SMILES string of the molecule is COc1ccc(NC(=O)Cc2nnc(SCC(=O)N3CCN(c4ccccc4F)CC3)n2C)cc1. The van der Waals surface area contributed by atoms with Crippen LogP contribution in [-0.4, -0.2) is 70.5 Å². The molecule has 4 rings (SSSR count). The Labute approximate surface area is 207 Å². The molecule has 2 heterocycles. The summed E-state index contributed by atoms with van der Waals surface area (Å²) >= 11 is 1.28. The van der Waals surface area contributed by atoms with Crippen molar-refractivity contribution in [3.63, 3.8) is 0 Å². The molecule has 1 aliphatic rings. The van der Waals surface area contributed by atoms with Crippen LogP contribution in [0.25, 0.3) is 0 Å². The minimum Gasteiger partial charge on any atom is -0.497 e. The molecule has 0 spiro atoms. The van der Waals surface area contributed by atoms with Gasteiger partial charge >= 0.3 is 0 Å². The highest BCUT2D eigenvalue weighted by Gasteiger charge is 2.23. The summed E-state index contributed by atoms with van der Waals surface area (Å²) in [7, 11) is 3.36. The summed E-state index contributed by atoms with van der Waals surface area (Å²) in [6, 6.07) is 13.7. The van der Waals surface area contributed by atoms with Crippen molar-refractivity contribution in [1.82, 2.24) is 19.7 Å². The second-order valence-electron chi connectivity index (χ2n) is 8.02. The van der Waals surface area contributed by atoms with Gasteiger partial charge in [-0.1, -0.05) is 23.9 Å². The van der Waals surface area contributed by atoms with E-state index >= 15 is 0 Å². The maximum absolute atomic E-state index is 14.0. The molecular weight excluding hydrogens is 471 g/mol. The predicted molar refractivity (Wildman–Crippen MR) is 132 cm³/mol. The second kappa shape index (κ2) is 11.2. The van der Waals surface area contributed by atoms with Gasteiger partial charge in [0, 0.05) is 38.9 Å². The Morgan fingerprint density at radius 2 is 1.77 bits per heavy atom. The van der Waals surface area contributed by atoms with E-state index < -0.39 is 0 Å². The molecule has 0 aliphatic carbocycles. The molecule has 9 nitrogen and oxygen atoms in total. The number of anilines is 2. The lowest BCUT2D eigenvalue weighted by Gasteiger charge is -2.36. The number of para-hydroxylation sites is 1. The second-order valence-corrected chi connectivity index (χ2v) is 8.96. The van der Waals surface area contributed by atoms with Crippen LogP contribution in [0.3, 0.4) is 0 Å². The number of methoxy groups -OCH3 is 1. The van der Waals surface area contributed by atoms with Crippen molar-refractivity contribution in [2.45, 2.75) is 11.6 Å². The third-order valence-electron chi connectivity index (χ3n) is 5.77. The normalized spacial score (nSPS) is 13.6. The van der Waals surface area contributed by atoms with E-state index in [2.05, 4.69) is 15.5 Å². The molecule has 1 saturated heterocycles. The third kappa shape index (κ3) is 6.10. The maximum Gasteiger partial charge on any atom is 0.233 e. The highest BCUT2D eigenvalue weighted by atomic mass is 32.2. The fraction of sp³-hybridized carbons (Fsp3) is 0.333. The molecule has 1 aliphatic heterocycles. The summed E-state index contributed by atoms with van der Waals surface area (Å²) in [6.07, 6.45) is 0.0576. The summed E-state index contributed by atoms with van der Waals surface area (Å²) in [5, 5.41) is 11.6. The van der Waals surface area contributed by atoms with Gasteiger partial charge in [-0.25, -0.2) is 4.39 Å². The number of carbonyl (C=O) groups excluding carboxylic acids is 2. The first-order chi connectivity index (χ1) is 16.9. The number of halogens is 1. The number of piperazine rings is 1. The molecule has 2 aromatic carbocycles. The van der Waals surface area contributed by atoms with Gasteiger partial charge in [-0.05, 0) is 36.4 Å². The lowest BCUT2D eigenvalue weighted by molar-refractivity contribution is -0.128. The van der Waals surface area contributed by atoms with E-state index in [1.807, 2.05) is 11.0 Å². The monoisotopic (exact) mass is 498 g/mol. The van der Waals surface area contributed by atoms with Gasteiger partial charge < -0.3 is 24.4 Å². The van der Waals surface area contributed by atoms with Crippen molar-refractivity contribution >= 4 is 35.0 Å². The van der Waals surface area contributed by atoms with Crippen LogP contribution in [-0.2, 0) is 23.1 Å². The molecule has 0 unspecified atom stereocenters. The van der Waals surface area contributed by atoms with E-state index in [1.54, 1.807) is 60.0 Å². The summed E-state index contributed by atoms with van der Waals surface area (Å²) in [5.41, 5.74) is 1.23.